The van der Waals surface area contributed by atoms with Crippen molar-refractivity contribution in [1.29, 1.82) is 0 Å². The van der Waals surface area contributed by atoms with Crippen molar-refractivity contribution in [2.45, 2.75) is 26.4 Å². The molecule has 0 bridgehead atoms. The van der Waals surface area contributed by atoms with Crippen molar-refractivity contribution in [2.24, 2.45) is 0 Å². The summed E-state index contributed by atoms with van der Waals surface area (Å²) in [7, 11) is 0. The van der Waals surface area contributed by atoms with Gasteiger partial charge < -0.3 is 15.0 Å². The number of carbonyl (C=O) groups excluding carboxylic acids is 3. The first kappa shape index (κ1) is 28.3. The fourth-order valence-corrected chi connectivity index (χ4v) is 4.20. The Morgan fingerprint density at radius 1 is 0.974 bits per heavy atom. The fourth-order valence-electron chi connectivity index (χ4n) is 3.91. The van der Waals surface area contributed by atoms with Gasteiger partial charge in [-0.1, -0.05) is 23.2 Å². The maximum absolute atomic E-state index is 13.9. The van der Waals surface area contributed by atoms with Gasteiger partial charge in [0.15, 0.2) is 0 Å². The number of benzene rings is 1. The minimum Gasteiger partial charge on any atom is -0.444 e. The maximum Gasteiger partial charge on any atom is 0.410 e. The summed E-state index contributed by atoms with van der Waals surface area (Å²) >= 11 is 12.2. The molecule has 1 N–H and O–H groups in total. The Bertz CT molecular complexity index is 1340. The van der Waals surface area contributed by atoms with E-state index in [1.807, 2.05) is 20.8 Å². The molecule has 1 fully saturated rings. The molecule has 0 aliphatic carbocycles. The molecule has 4 rings (SSSR count). The summed E-state index contributed by atoms with van der Waals surface area (Å²) in [6, 6.07) is 11.2. The predicted molar refractivity (Wildman–Crippen MR) is 149 cm³/mol. The highest BCUT2D eigenvalue weighted by atomic mass is 35.5. The first-order valence-electron chi connectivity index (χ1n) is 12.2. The quantitative estimate of drug-likeness (QED) is 0.451. The molecule has 0 radical (unpaired) electrons. The second-order valence-electron chi connectivity index (χ2n) is 9.76. The smallest absolute Gasteiger partial charge is 0.410 e. The molecule has 3 amide bonds. The Kier molecular flexibility index (Phi) is 8.69. The van der Waals surface area contributed by atoms with Crippen molar-refractivity contribution < 1.29 is 19.1 Å². The first-order valence-corrected chi connectivity index (χ1v) is 13.0. The topological polar surface area (TPSA) is 108 Å². The Morgan fingerprint density at radius 2 is 1.69 bits per heavy atom. The number of nitrogens with zero attached hydrogens (tertiary/aromatic N) is 5. The van der Waals surface area contributed by atoms with Crippen molar-refractivity contribution in [1.82, 2.24) is 19.9 Å². The molecular formula is C27H28Cl2N6O4. The van der Waals surface area contributed by atoms with E-state index in [0.717, 1.165) is 0 Å². The van der Waals surface area contributed by atoms with Gasteiger partial charge in [-0.15, -0.1) is 0 Å². The fraction of sp³-hybridized carbons (Fsp3) is 0.296. The van der Waals surface area contributed by atoms with Gasteiger partial charge in [0.05, 0.1) is 21.8 Å². The number of aromatic nitrogens is 2. The van der Waals surface area contributed by atoms with Gasteiger partial charge in [0.25, 0.3) is 11.8 Å². The Balaban J connectivity index is 1.66. The van der Waals surface area contributed by atoms with E-state index in [4.69, 9.17) is 27.9 Å². The number of amides is 3. The highest BCUT2D eigenvalue weighted by molar-refractivity contribution is 6.31. The number of nitrogens with one attached hydrogen (secondary N) is 1. The van der Waals surface area contributed by atoms with E-state index in [2.05, 4.69) is 15.3 Å². The summed E-state index contributed by atoms with van der Waals surface area (Å²) in [5.74, 6) is -0.625. The number of halogens is 2. The molecule has 1 aliphatic heterocycles. The molecule has 3 aromatic rings. The zero-order chi connectivity index (χ0) is 28.2. The van der Waals surface area contributed by atoms with Crippen LogP contribution < -0.4 is 10.3 Å². The highest BCUT2D eigenvalue weighted by Gasteiger charge is 2.33. The van der Waals surface area contributed by atoms with E-state index in [9.17, 15) is 14.4 Å². The SMILES string of the molecule is CC(C)(C)OC(=O)N1CCN(N(C(=O)c2cccnc2)c2ccc(Cl)cc2C(=O)Nc2ccc(Cl)cn2)CC1. The molecule has 204 valence electrons. The first-order chi connectivity index (χ1) is 18.5. The Morgan fingerprint density at radius 3 is 2.31 bits per heavy atom. The predicted octanol–water partition coefficient (Wildman–Crippen LogP) is 5.15. The van der Waals surface area contributed by atoms with Gasteiger partial charge in [0.2, 0.25) is 0 Å². The van der Waals surface area contributed by atoms with E-state index in [0.29, 0.717) is 47.5 Å². The molecule has 0 unspecified atom stereocenters. The second kappa shape index (κ2) is 12.0. The van der Waals surface area contributed by atoms with E-state index >= 15 is 0 Å². The lowest BCUT2D eigenvalue weighted by Crippen LogP contribution is -2.57. The monoisotopic (exact) mass is 570 g/mol. The number of hydrazine groups is 1. The molecule has 3 heterocycles. The van der Waals surface area contributed by atoms with E-state index in [1.165, 1.54) is 23.5 Å². The largest absolute Gasteiger partial charge is 0.444 e. The minimum atomic E-state index is -0.624. The van der Waals surface area contributed by atoms with Crippen LogP contribution in [-0.4, -0.2) is 69.6 Å². The van der Waals surface area contributed by atoms with Crippen LogP contribution in [0.3, 0.4) is 0 Å². The standard InChI is InChI=1S/C27H28Cl2N6O4/c1-27(2,3)39-26(38)33-11-13-34(14-12-33)35(25(37)18-5-4-10-30-16-18)22-8-6-19(28)15-21(22)24(36)32-23-9-7-20(29)17-31-23/h4-10,15-17H,11-14H2,1-3H3,(H,31,32,36). The number of hydrogen-bond donors (Lipinski definition) is 1. The number of anilines is 2. The van der Waals surface area contributed by atoms with Gasteiger partial charge in [0.1, 0.15) is 11.4 Å². The average molecular weight is 571 g/mol. The molecular weight excluding hydrogens is 543 g/mol. The Labute approximate surface area is 236 Å². The van der Waals surface area contributed by atoms with Gasteiger partial charge in [-0.05, 0) is 63.2 Å². The summed E-state index contributed by atoms with van der Waals surface area (Å²) in [4.78, 5) is 49.7. The van der Waals surface area contributed by atoms with Gasteiger partial charge >= 0.3 is 6.09 Å². The summed E-state index contributed by atoms with van der Waals surface area (Å²) in [5, 5.41) is 6.69. The third-order valence-corrected chi connectivity index (χ3v) is 6.15. The van der Waals surface area contributed by atoms with Crippen LogP contribution in [0.25, 0.3) is 0 Å². The average Bonchev–Trinajstić information content (AvgIpc) is 2.90. The van der Waals surface area contributed by atoms with Crippen molar-refractivity contribution in [3.8, 4) is 0 Å². The third kappa shape index (κ3) is 7.23. The molecule has 1 aromatic carbocycles. The minimum absolute atomic E-state index is 0.158. The van der Waals surface area contributed by atoms with E-state index < -0.39 is 23.5 Å². The number of piperazine rings is 1. The normalized spacial score (nSPS) is 14.0. The van der Waals surface area contributed by atoms with Crippen LogP contribution in [0.1, 0.15) is 41.5 Å². The van der Waals surface area contributed by atoms with Crippen molar-refractivity contribution in [3.63, 3.8) is 0 Å². The third-order valence-electron chi connectivity index (χ3n) is 5.69. The summed E-state index contributed by atoms with van der Waals surface area (Å²) < 4.78 is 5.50. The van der Waals surface area contributed by atoms with E-state index in [1.54, 1.807) is 52.5 Å². The molecule has 10 nitrogen and oxygen atoms in total. The summed E-state index contributed by atoms with van der Waals surface area (Å²) in [6.45, 7) is 6.68. The number of hydrogen-bond acceptors (Lipinski definition) is 7. The van der Waals surface area contributed by atoms with Gasteiger partial charge in [0, 0.05) is 49.8 Å². The lowest BCUT2D eigenvalue weighted by atomic mass is 10.1. The number of rotatable bonds is 5. The van der Waals surface area contributed by atoms with Gasteiger partial charge in [-0.3, -0.25) is 14.6 Å². The lowest BCUT2D eigenvalue weighted by Gasteiger charge is -2.41. The molecule has 0 atom stereocenters. The maximum atomic E-state index is 13.9. The Hall–Kier alpha value is -3.73. The zero-order valence-electron chi connectivity index (χ0n) is 21.7. The number of carbonyl (C=O) groups is 3. The van der Waals surface area contributed by atoms with E-state index in [-0.39, 0.29) is 11.4 Å². The molecule has 39 heavy (non-hydrogen) atoms. The molecule has 0 spiro atoms. The molecule has 1 saturated heterocycles. The van der Waals surface area contributed by atoms with Crippen LogP contribution in [0, 0.1) is 0 Å². The van der Waals surface area contributed by atoms with Crippen LogP contribution in [0.4, 0.5) is 16.3 Å². The van der Waals surface area contributed by atoms with Gasteiger partial charge in [-0.2, -0.15) is 0 Å². The van der Waals surface area contributed by atoms with Crippen LogP contribution in [0.5, 0.6) is 0 Å². The van der Waals surface area contributed by atoms with Crippen LogP contribution in [0.2, 0.25) is 10.0 Å². The van der Waals surface area contributed by atoms with Crippen LogP contribution >= 0.6 is 23.2 Å². The van der Waals surface area contributed by atoms with Crippen molar-refractivity contribution in [2.75, 3.05) is 36.5 Å². The van der Waals surface area contributed by atoms with Crippen molar-refractivity contribution in [3.05, 3.63) is 82.2 Å². The molecule has 0 saturated carbocycles. The van der Waals surface area contributed by atoms with Crippen molar-refractivity contribution >= 4 is 52.6 Å². The van der Waals surface area contributed by atoms with Crippen LogP contribution in [-0.2, 0) is 4.74 Å². The summed E-state index contributed by atoms with van der Waals surface area (Å²) in [6.07, 6.45) is 4.02. The van der Waals surface area contributed by atoms with Gasteiger partial charge in [-0.25, -0.2) is 19.8 Å². The van der Waals surface area contributed by atoms with Crippen LogP contribution in [0.15, 0.2) is 61.1 Å². The second-order valence-corrected chi connectivity index (χ2v) is 10.6. The zero-order valence-corrected chi connectivity index (χ0v) is 23.2. The molecule has 2 aromatic heterocycles. The number of ether oxygens (including phenoxy) is 1. The lowest BCUT2D eigenvalue weighted by molar-refractivity contribution is 0.0136. The molecule has 1 aliphatic rings. The number of pyridine rings is 2. The molecule has 12 heteroatoms. The summed E-state index contributed by atoms with van der Waals surface area (Å²) in [5.41, 5.74) is 0.172. The highest BCUT2D eigenvalue weighted by Crippen LogP contribution is 2.29.